The number of amides is 1. The van der Waals surface area contributed by atoms with Gasteiger partial charge in [-0.1, -0.05) is 13.3 Å². The van der Waals surface area contributed by atoms with Crippen LogP contribution in [0.3, 0.4) is 0 Å². The third-order valence-electron chi connectivity index (χ3n) is 4.09. The molecule has 23 heavy (non-hydrogen) atoms. The molecule has 124 valence electrons. The van der Waals surface area contributed by atoms with E-state index in [1.54, 1.807) is 11.0 Å². The maximum atomic E-state index is 12.4. The van der Waals surface area contributed by atoms with E-state index in [0.717, 1.165) is 5.56 Å². The molecule has 0 saturated carbocycles. The number of anilines is 1. The Bertz CT molecular complexity index is 629. The fraction of sp³-hybridized carbons (Fsp3) is 0.500. The quantitative estimate of drug-likeness (QED) is 0.472. The predicted molar refractivity (Wildman–Crippen MR) is 84.6 cm³/mol. The van der Waals surface area contributed by atoms with Crippen molar-refractivity contribution in [2.24, 2.45) is 0 Å². The Morgan fingerprint density at radius 1 is 1.30 bits per heavy atom. The lowest BCUT2D eigenvalue weighted by Crippen LogP contribution is -2.29. The van der Waals surface area contributed by atoms with E-state index < -0.39 is 10.9 Å². The van der Waals surface area contributed by atoms with Gasteiger partial charge in [0.2, 0.25) is 5.91 Å². The first-order chi connectivity index (χ1) is 10.9. The van der Waals surface area contributed by atoms with Crippen molar-refractivity contribution in [3.8, 4) is 0 Å². The molecule has 0 bridgehead atoms. The standard InChI is InChI=1S/C16H20N2O5/c1-11-10-17(15(19)5-3-2-4-6-16(20)21)14-9-12(18(22)23)7-8-13(11)14/h7-9,11H,2-6,10H2,1H3,(H,20,21). The zero-order valence-corrected chi connectivity index (χ0v) is 13.0. The van der Waals surface area contributed by atoms with Gasteiger partial charge in [-0.25, -0.2) is 0 Å². The minimum atomic E-state index is -0.828. The van der Waals surface area contributed by atoms with Crippen LogP contribution in [0.4, 0.5) is 11.4 Å². The van der Waals surface area contributed by atoms with Crippen LogP contribution < -0.4 is 4.90 Å². The minimum absolute atomic E-state index is 0.0166. The summed E-state index contributed by atoms with van der Waals surface area (Å²) in [6, 6.07) is 4.65. The number of non-ortho nitro benzene ring substituents is 1. The van der Waals surface area contributed by atoms with Gasteiger partial charge >= 0.3 is 5.97 Å². The predicted octanol–water partition coefficient (Wildman–Crippen LogP) is 3.08. The van der Waals surface area contributed by atoms with E-state index in [1.807, 2.05) is 6.92 Å². The molecule has 1 unspecified atom stereocenters. The summed E-state index contributed by atoms with van der Waals surface area (Å²) in [5.41, 5.74) is 1.56. The molecule has 1 atom stereocenters. The molecule has 0 fully saturated rings. The number of nitro groups is 1. The fourth-order valence-electron chi connectivity index (χ4n) is 2.87. The number of hydrogen-bond acceptors (Lipinski definition) is 4. The molecule has 1 aliphatic heterocycles. The molecular weight excluding hydrogens is 300 g/mol. The highest BCUT2D eigenvalue weighted by atomic mass is 16.6. The third kappa shape index (κ3) is 4.06. The van der Waals surface area contributed by atoms with Crippen LogP contribution in [0.5, 0.6) is 0 Å². The van der Waals surface area contributed by atoms with Crippen LogP contribution in [-0.4, -0.2) is 28.5 Å². The smallest absolute Gasteiger partial charge is 0.303 e. The van der Waals surface area contributed by atoms with E-state index in [4.69, 9.17) is 5.11 Å². The zero-order valence-electron chi connectivity index (χ0n) is 13.0. The van der Waals surface area contributed by atoms with Crippen molar-refractivity contribution < 1.29 is 19.6 Å². The highest BCUT2D eigenvalue weighted by Crippen LogP contribution is 2.38. The molecule has 0 radical (unpaired) electrons. The average molecular weight is 320 g/mol. The number of aliphatic carboxylic acids is 1. The number of carbonyl (C=O) groups is 2. The molecule has 0 spiro atoms. The number of carboxylic acid groups (broad SMARTS) is 1. The zero-order chi connectivity index (χ0) is 17.0. The lowest BCUT2D eigenvalue weighted by atomic mass is 10.0. The molecule has 7 heteroatoms. The van der Waals surface area contributed by atoms with E-state index in [-0.39, 0.29) is 23.9 Å². The van der Waals surface area contributed by atoms with Crippen LogP contribution in [0.1, 0.15) is 50.5 Å². The molecule has 1 aromatic rings. The van der Waals surface area contributed by atoms with Gasteiger partial charge in [0.1, 0.15) is 0 Å². The maximum Gasteiger partial charge on any atom is 0.303 e. The molecule has 0 aliphatic carbocycles. The number of hydrogen-bond donors (Lipinski definition) is 1. The lowest BCUT2D eigenvalue weighted by molar-refractivity contribution is -0.384. The van der Waals surface area contributed by atoms with E-state index in [9.17, 15) is 19.7 Å². The summed E-state index contributed by atoms with van der Waals surface area (Å²) in [5.74, 6) is -0.737. The van der Waals surface area contributed by atoms with Gasteiger partial charge in [0, 0.05) is 37.4 Å². The molecule has 0 aromatic heterocycles. The Morgan fingerprint density at radius 2 is 2.00 bits per heavy atom. The van der Waals surface area contributed by atoms with Gasteiger partial charge in [0.05, 0.1) is 10.6 Å². The van der Waals surface area contributed by atoms with Crippen LogP contribution in [-0.2, 0) is 9.59 Å². The van der Waals surface area contributed by atoms with E-state index >= 15 is 0 Å². The lowest BCUT2D eigenvalue weighted by Gasteiger charge is -2.17. The minimum Gasteiger partial charge on any atom is -0.481 e. The second kappa shape index (κ2) is 7.21. The monoisotopic (exact) mass is 320 g/mol. The van der Waals surface area contributed by atoms with Crippen molar-refractivity contribution in [3.63, 3.8) is 0 Å². The van der Waals surface area contributed by atoms with Crippen molar-refractivity contribution in [1.29, 1.82) is 0 Å². The highest BCUT2D eigenvalue weighted by Gasteiger charge is 2.30. The van der Waals surface area contributed by atoms with Gasteiger partial charge in [0.15, 0.2) is 0 Å². The second-order valence-electron chi connectivity index (χ2n) is 5.86. The molecule has 2 rings (SSSR count). The SMILES string of the molecule is CC1CN(C(=O)CCCCCC(=O)O)c2cc([N+](=O)[O-])ccc21. The second-order valence-corrected chi connectivity index (χ2v) is 5.86. The maximum absolute atomic E-state index is 12.4. The number of rotatable bonds is 7. The van der Waals surface area contributed by atoms with E-state index in [2.05, 4.69) is 0 Å². The van der Waals surface area contributed by atoms with Crippen LogP contribution in [0.2, 0.25) is 0 Å². The van der Waals surface area contributed by atoms with Crippen LogP contribution in [0, 0.1) is 10.1 Å². The fourth-order valence-corrected chi connectivity index (χ4v) is 2.87. The number of unbranched alkanes of at least 4 members (excludes halogenated alkanes) is 2. The van der Waals surface area contributed by atoms with Crippen molar-refractivity contribution in [1.82, 2.24) is 0 Å². The first kappa shape index (κ1) is 16.9. The first-order valence-corrected chi connectivity index (χ1v) is 7.70. The largest absolute Gasteiger partial charge is 0.481 e. The van der Waals surface area contributed by atoms with Gasteiger partial charge in [-0.2, -0.15) is 0 Å². The van der Waals surface area contributed by atoms with Crippen molar-refractivity contribution in [2.45, 2.75) is 44.9 Å². The van der Waals surface area contributed by atoms with Gasteiger partial charge < -0.3 is 10.0 Å². The Morgan fingerprint density at radius 3 is 2.65 bits per heavy atom. The molecule has 1 N–H and O–H groups in total. The molecule has 1 aliphatic rings. The number of nitro benzene ring substituents is 1. The summed E-state index contributed by atoms with van der Waals surface area (Å²) in [6.07, 6.45) is 2.31. The molecule has 1 heterocycles. The number of fused-ring (bicyclic) bond motifs is 1. The Hall–Kier alpha value is -2.44. The highest BCUT2D eigenvalue weighted by molar-refractivity contribution is 5.96. The van der Waals surface area contributed by atoms with Gasteiger partial charge in [-0.3, -0.25) is 19.7 Å². The first-order valence-electron chi connectivity index (χ1n) is 7.70. The van der Waals surface area contributed by atoms with Crippen LogP contribution >= 0.6 is 0 Å². The molecule has 0 saturated heterocycles. The number of nitrogens with zero attached hydrogens (tertiary/aromatic N) is 2. The molecule has 7 nitrogen and oxygen atoms in total. The molecular formula is C16H20N2O5. The van der Waals surface area contributed by atoms with Crippen molar-refractivity contribution >= 4 is 23.3 Å². The van der Waals surface area contributed by atoms with E-state index in [0.29, 0.717) is 37.9 Å². The molecule has 1 aromatic carbocycles. The summed E-state index contributed by atoms with van der Waals surface area (Å²) in [7, 11) is 0. The topological polar surface area (TPSA) is 101 Å². The average Bonchev–Trinajstić information content (AvgIpc) is 2.83. The van der Waals surface area contributed by atoms with Gasteiger partial charge in [-0.05, 0) is 24.5 Å². The number of carbonyl (C=O) groups excluding carboxylic acids is 1. The van der Waals surface area contributed by atoms with E-state index in [1.165, 1.54) is 12.1 Å². The van der Waals surface area contributed by atoms with Gasteiger partial charge in [0.25, 0.3) is 5.69 Å². The van der Waals surface area contributed by atoms with Crippen molar-refractivity contribution in [2.75, 3.05) is 11.4 Å². The summed E-state index contributed by atoms with van der Waals surface area (Å²) in [4.78, 5) is 34.9. The summed E-state index contributed by atoms with van der Waals surface area (Å²) < 4.78 is 0. The van der Waals surface area contributed by atoms with Gasteiger partial charge in [-0.15, -0.1) is 0 Å². The summed E-state index contributed by atoms with van der Waals surface area (Å²) in [5, 5.41) is 19.5. The van der Waals surface area contributed by atoms with Crippen LogP contribution in [0.15, 0.2) is 18.2 Å². The summed E-state index contributed by atoms with van der Waals surface area (Å²) in [6.45, 7) is 2.52. The number of carboxylic acids is 1. The number of benzene rings is 1. The van der Waals surface area contributed by atoms with Crippen molar-refractivity contribution in [3.05, 3.63) is 33.9 Å². The normalized spacial score (nSPS) is 16.2. The Kier molecular flexibility index (Phi) is 5.31. The van der Waals surface area contributed by atoms with Crippen LogP contribution in [0.25, 0.3) is 0 Å². The Balaban J connectivity index is 1.99. The Labute approximate surface area is 134 Å². The molecule has 1 amide bonds. The third-order valence-corrected chi connectivity index (χ3v) is 4.09. The summed E-state index contributed by atoms with van der Waals surface area (Å²) >= 11 is 0.